The molecule has 0 spiro atoms. The molecule has 138 valence electrons. The van der Waals surface area contributed by atoms with Gasteiger partial charge in [0.2, 0.25) is 5.91 Å². The summed E-state index contributed by atoms with van der Waals surface area (Å²) in [6, 6.07) is 8.11. The van der Waals surface area contributed by atoms with E-state index in [4.69, 9.17) is 9.47 Å². The molecule has 2 aromatic rings. The van der Waals surface area contributed by atoms with Crippen molar-refractivity contribution in [2.45, 2.75) is 13.8 Å². The summed E-state index contributed by atoms with van der Waals surface area (Å²) in [5.41, 5.74) is 0.489. The van der Waals surface area contributed by atoms with Crippen LogP contribution >= 0.6 is 0 Å². The van der Waals surface area contributed by atoms with Crippen molar-refractivity contribution < 1.29 is 23.0 Å². The second-order valence-corrected chi connectivity index (χ2v) is 6.06. The number of anilines is 1. The van der Waals surface area contributed by atoms with Crippen molar-refractivity contribution in [3.63, 3.8) is 0 Å². The molecule has 0 bridgehead atoms. The number of methoxy groups -OCH3 is 1. The number of hydrogen-bond donors (Lipinski definition) is 1. The second-order valence-electron chi connectivity index (χ2n) is 6.06. The van der Waals surface area contributed by atoms with Crippen molar-refractivity contribution >= 4 is 17.7 Å². The van der Waals surface area contributed by atoms with E-state index >= 15 is 0 Å². The molecule has 26 heavy (non-hydrogen) atoms. The predicted molar refractivity (Wildman–Crippen MR) is 97.3 cm³/mol. The highest BCUT2D eigenvalue weighted by Crippen LogP contribution is 2.29. The summed E-state index contributed by atoms with van der Waals surface area (Å²) in [6.45, 7) is 4.65. The van der Waals surface area contributed by atoms with E-state index in [2.05, 4.69) is 5.32 Å². The zero-order valence-corrected chi connectivity index (χ0v) is 14.9. The number of carbonyl (C=O) groups is 1. The van der Waals surface area contributed by atoms with Crippen LogP contribution in [0.2, 0.25) is 0 Å². The van der Waals surface area contributed by atoms with Crippen LogP contribution in [0.25, 0.3) is 6.08 Å². The van der Waals surface area contributed by atoms with Crippen molar-refractivity contribution in [3.8, 4) is 11.5 Å². The van der Waals surface area contributed by atoms with Gasteiger partial charge in [-0.25, -0.2) is 8.78 Å². The van der Waals surface area contributed by atoms with Gasteiger partial charge in [-0.15, -0.1) is 0 Å². The first-order chi connectivity index (χ1) is 12.4. The van der Waals surface area contributed by atoms with E-state index in [9.17, 15) is 13.6 Å². The van der Waals surface area contributed by atoms with Crippen LogP contribution in [0.3, 0.4) is 0 Å². The maximum Gasteiger partial charge on any atom is 0.248 e. The minimum Gasteiger partial charge on any atom is -0.493 e. The van der Waals surface area contributed by atoms with Gasteiger partial charge in [0.05, 0.1) is 19.4 Å². The van der Waals surface area contributed by atoms with Crippen molar-refractivity contribution in [3.05, 3.63) is 59.7 Å². The largest absolute Gasteiger partial charge is 0.493 e. The van der Waals surface area contributed by atoms with Crippen molar-refractivity contribution in [1.29, 1.82) is 0 Å². The molecule has 0 heterocycles. The number of rotatable bonds is 7. The summed E-state index contributed by atoms with van der Waals surface area (Å²) in [4.78, 5) is 11.9. The van der Waals surface area contributed by atoms with Gasteiger partial charge in [0.25, 0.3) is 0 Å². The van der Waals surface area contributed by atoms with Gasteiger partial charge in [0, 0.05) is 12.1 Å². The fraction of sp³-hybridized carbons (Fsp3) is 0.250. The Morgan fingerprint density at radius 3 is 2.62 bits per heavy atom. The van der Waals surface area contributed by atoms with Crippen LogP contribution in [-0.2, 0) is 4.79 Å². The predicted octanol–water partition coefficient (Wildman–Crippen LogP) is 4.66. The Balaban J connectivity index is 2.07. The molecule has 0 radical (unpaired) electrons. The molecule has 0 saturated carbocycles. The first-order valence-electron chi connectivity index (χ1n) is 8.14. The summed E-state index contributed by atoms with van der Waals surface area (Å²) >= 11 is 0. The Kier molecular flexibility index (Phi) is 6.72. The molecule has 2 aromatic carbocycles. The van der Waals surface area contributed by atoms with E-state index in [-0.39, 0.29) is 5.69 Å². The lowest BCUT2D eigenvalue weighted by atomic mass is 10.2. The lowest BCUT2D eigenvalue weighted by molar-refractivity contribution is -0.111. The lowest BCUT2D eigenvalue weighted by Gasteiger charge is -2.12. The molecular formula is C20H21F2NO3. The number of benzene rings is 2. The van der Waals surface area contributed by atoms with Gasteiger partial charge in [-0.1, -0.05) is 19.9 Å². The van der Waals surface area contributed by atoms with E-state index in [1.165, 1.54) is 13.2 Å². The van der Waals surface area contributed by atoms with Gasteiger partial charge >= 0.3 is 0 Å². The molecule has 4 nitrogen and oxygen atoms in total. The quantitative estimate of drug-likeness (QED) is 0.730. The number of hydrogen-bond acceptors (Lipinski definition) is 3. The number of amides is 1. The van der Waals surface area contributed by atoms with Crippen LogP contribution in [-0.4, -0.2) is 19.6 Å². The minimum atomic E-state index is -0.707. The maximum atomic E-state index is 13.5. The second kappa shape index (κ2) is 8.99. The highest BCUT2D eigenvalue weighted by molar-refractivity contribution is 6.02. The first kappa shape index (κ1) is 19.4. The third-order valence-corrected chi connectivity index (χ3v) is 3.37. The van der Waals surface area contributed by atoms with E-state index in [1.54, 1.807) is 24.3 Å². The fourth-order valence-electron chi connectivity index (χ4n) is 2.10. The van der Waals surface area contributed by atoms with Crippen molar-refractivity contribution in [1.82, 2.24) is 0 Å². The number of halogens is 2. The summed E-state index contributed by atoms with van der Waals surface area (Å²) in [6.07, 6.45) is 2.77. The van der Waals surface area contributed by atoms with Crippen LogP contribution in [0.1, 0.15) is 19.4 Å². The maximum absolute atomic E-state index is 13.5. The Labute approximate surface area is 151 Å². The highest BCUT2D eigenvalue weighted by atomic mass is 19.1. The van der Waals surface area contributed by atoms with E-state index in [1.807, 2.05) is 13.8 Å². The molecular weight excluding hydrogens is 340 g/mol. The van der Waals surface area contributed by atoms with Crippen molar-refractivity contribution in [2.75, 3.05) is 19.0 Å². The summed E-state index contributed by atoms with van der Waals surface area (Å²) < 4.78 is 37.6. The standard InChI is InChI=1S/C20H21F2NO3/c1-13(2)12-26-18-8-4-14(10-19(18)25-3)5-9-20(24)23-17-11-15(21)6-7-16(17)22/h4-11,13H,12H2,1-3H3,(H,23,24)/b9-5+. The molecule has 0 aliphatic rings. The number of ether oxygens (including phenoxy) is 2. The topological polar surface area (TPSA) is 47.6 Å². The third kappa shape index (κ3) is 5.58. The van der Waals surface area contributed by atoms with Crippen LogP contribution in [0.4, 0.5) is 14.5 Å². The number of carbonyl (C=O) groups excluding carboxylic acids is 1. The summed E-state index contributed by atoms with van der Waals surface area (Å²) in [5, 5.41) is 2.30. The summed E-state index contributed by atoms with van der Waals surface area (Å²) in [7, 11) is 1.53. The lowest BCUT2D eigenvalue weighted by Crippen LogP contribution is -2.09. The zero-order chi connectivity index (χ0) is 19.1. The summed E-state index contributed by atoms with van der Waals surface area (Å²) in [5.74, 6) is -0.373. The Morgan fingerprint density at radius 2 is 1.92 bits per heavy atom. The van der Waals surface area contributed by atoms with Gasteiger partial charge in [0.1, 0.15) is 11.6 Å². The third-order valence-electron chi connectivity index (χ3n) is 3.37. The van der Waals surface area contributed by atoms with Gasteiger partial charge in [-0.3, -0.25) is 4.79 Å². The van der Waals surface area contributed by atoms with Crippen LogP contribution < -0.4 is 14.8 Å². The minimum absolute atomic E-state index is 0.213. The molecule has 0 unspecified atom stereocenters. The highest BCUT2D eigenvalue weighted by Gasteiger charge is 2.08. The zero-order valence-electron chi connectivity index (χ0n) is 14.9. The van der Waals surface area contributed by atoms with E-state index in [0.29, 0.717) is 29.6 Å². The van der Waals surface area contributed by atoms with Gasteiger partial charge in [0.15, 0.2) is 11.5 Å². The smallest absolute Gasteiger partial charge is 0.248 e. The molecule has 0 saturated heterocycles. The van der Waals surface area contributed by atoms with Gasteiger partial charge in [-0.05, 0) is 41.8 Å². The van der Waals surface area contributed by atoms with Crippen LogP contribution in [0.15, 0.2) is 42.5 Å². The van der Waals surface area contributed by atoms with Gasteiger partial charge < -0.3 is 14.8 Å². The van der Waals surface area contributed by atoms with Crippen molar-refractivity contribution in [2.24, 2.45) is 5.92 Å². The molecule has 1 amide bonds. The number of nitrogens with one attached hydrogen (secondary N) is 1. The molecule has 0 atom stereocenters. The van der Waals surface area contributed by atoms with E-state index < -0.39 is 17.5 Å². The SMILES string of the molecule is COc1cc(/C=C/C(=O)Nc2cc(F)ccc2F)ccc1OCC(C)C. The van der Waals surface area contributed by atoms with Gasteiger partial charge in [-0.2, -0.15) is 0 Å². The average molecular weight is 361 g/mol. The molecule has 1 N–H and O–H groups in total. The molecule has 2 rings (SSSR count). The molecule has 0 fully saturated rings. The molecule has 0 aliphatic heterocycles. The monoisotopic (exact) mass is 361 g/mol. The first-order valence-corrected chi connectivity index (χ1v) is 8.14. The molecule has 0 aromatic heterocycles. The molecule has 6 heteroatoms. The Bertz CT molecular complexity index is 804. The normalized spacial score (nSPS) is 11.0. The Morgan fingerprint density at radius 1 is 1.15 bits per heavy atom. The molecule has 0 aliphatic carbocycles. The fourth-order valence-corrected chi connectivity index (χ4v) is 2.10. The Hall–Kier alpha value is -2.89. The van der Waals surface area contributed by atoms with Crippen LogP contribution in [0.5, 0.6) is 11.5 Å². The van der Waals surface area contributed by atoms with E-state index in [0.717, 1.165) is 18.2 Å². The van der Waals surface area contributed by atoms with Crippen LogP contribution in [0, 0.1) is 17.6 Å². The average Bonchev–Trinajstić information content (AvgIpc) is 2.61.